The Labute approximate surface area is 120 Å². The van der Waals surface area contributed by atoms with Gasteiger partial charge in [0.1, 0.15) is 0 Å². The Hall–Kier alpha value is -0.0800. The zero-order chi connectivity index (χ0) is 14.1. The van der Waals surface area contributed by atoms with Crippen LogP contribution in [-0.4, -0.2) is 24.8 Å². The highest BCUT2D eigenvalue weighted by Crippen LogP contribution is 2.38. The molecule has 0 aromatic heterocycles. The van der Waals surface area contributed by atoms with E-state index in [0.29, 0.717) is 6.04 Å². The fourth-order valence-electron chi connectivity index (χ4n) is 3.67. The van der Waals surface area contributed by atoms with Gasteiger partial charge in [0.25, 0.3) is 0 Å². The summed E-state index contributed by atoms with van der Waals surface area (Å²) < 4.78 is 6.27. The minimum atomic E-state index is 0.131. The molecule has 1 N–H and O–H groups in total. The van der Waals surface area contributed by atoms with Gasteiger partial charge in [-0.25, -0.2) is 0 Å². The maximum absolute atomic E-state index is 6.27. The molecule has 2 unspecified atom stereocenters. The average molecular weight is 269 g/mol. The van der Waals surface area contributed by atoms with Crippen molar-refractivity contribution in [3.8, 4) is 0 Å². The highest BCUT2D eigenvalue weighted by molar-refractivity contribution is 4.97. The maximum atomic E-state index is 6.27. The molecule has 0 bridgehead atoms. The second-order valence-corrected chi connectivity index (χ2v) is 6.34. The Morgan fingerprint density at radius 1 is 1.11 bits per heavy atom. The highest BCUT2D eigenvalue weighted by atomic mass is 16.5. The first kappa shape index (κ1) is 17.0. The van der Waals surface area contributed by atoms with E-state index in [9.17, 15) is 0 Å². The molecule has 0 spiro atoms. The van der Waals surface area contributed by atoms with Crippen LogP contribution in [0.15, 0.2) is 0 Å². The molecule has 19 heavy (non-hydrogen) atoms. The van der Waals surface area contributed by atoms with Crippen LogP contribution < -0.4 is 5.32 Å². The number of hydrogen-bond donors (Lipinski definition) is 1. The van der Waals surface area contributed by atoms with E-state index in [1.807, 2.05) is 0 Å². The van der Waals surface area contributed by atoms with Crippen LogP contribution in [-0.2, 0) is 4.74 Å². The summed E-state index contributed by atoms with van der Waals surface area (Å²) in [5.41, 5.74) is 0.131. The summed E-state index contributed by atoms with van der Waals surface area (Å²) in [5.74, 6) is 0.803. The SMILES string of the molecule is CCCNC(CC(C)CCC)C1(OCC)CCCC1. The Morgan fingerprint density at radius 3 is 2.32 bits per heavy atom. The fourth-order valence-corrected chi connectivity index (χ4v) is 3.67. The molecule has 0 heterocycles. The first-order valence-electron chi connectivity index (χ1n) is 8.55. The second-order valence-electron chi connectivity index (χ2n) is 6.34. The molecule has 2 atom stereocenters. The van der Waals surface area contributed by atoms with Gasteiger partial charge >= 0.3 is 0 Å². The first-order valence-corrected chi connectivity index (χ1v) is 8.55. The van der Waals surface area contributed by atoms with Crippen LogP contribution in [0.3, 0.4) is 0 Å². The molecule has 1 rings (SSSR count). The van der Waals surface area contributed by atoms with Crippen LogP contribution in [0.1, 0.15) is 79.1 Å². The minimum Gasteiger partial charge on any atom is -0.374 e. The highest BCUT2D eigenvalue weighted by Gasteiger charge is 2.42. The molecule has 0 saturated heterocycles. The molecule has 1 fully saturated rings. The van der Waals surface area contributed by atoms with Gasteiger partial charge in [-0.2, -0.15) is 0 Å². The van der Waals surface area contributed by atoms with Crippen molar-refractivity contribution in [2.24, 2.45) is 5.92 Å². The molecule has 0 aromatic carbocycles. The standard InChI is InChI=1S/C17H35NO/c1-5-10-15(4)14-16(18-13-6-2)17(19-7-3)11-8-9-12-17/h15-16,18H,5-14H2,1-4H3. The molecule has 0 radical (unpaired) electrons. The monoisotopic (exact) mass is 269 g/mol. The lowest BCUT2D eigenvalue weighted by Gasteiger charge is -2.39. The van der Waals surface area contributed by atoms with Crippen molar-refractivity contribution in [1.82, 2.24) is 5.32 Å². The van der Waals surface area contributed by atoms with E-state index in [4.69, 9.17) is 4.74 Å². The molecule has 1 saturated carbocycles. The summed E-state index contributed by atoms with van der Waals surface area (Å²) in [5, 5.41) is 3.80. The summed E-state index contributed by atoms with van der Waals surface area (Å²) in [6.45, 7) is 11.1. The predicted octanol–water partition coefficient (Wildman–Crippen LogP) is 4.53. The summed E-state index contributed by atoms with van der Waals surface area (Å²) in [7, 11) is 0. The smallest absolute Gasteiger partial charge is 0.0834 e. The van der Waals surface area contributed by atoms with Gasteiger partial charge in [-0.15, -0.1) is 0 Å². The van der Waals surface area contributed by atoms with Gasteiger partial charge in [0.05, 0.1) is 5.60 Å². The molecule has 1 aliphatic carbocycles. The zero-order valence-corrected chi connectivity index (χ0v) is 13.6. The topological polar surface area (TPSA) is 21.3 Å². The molecule has 114 valence electrons. The number of rotatable bonds is 10. The third-order valence-corrected chi connectivity index (χ3v) is 4.58. The van der Waals surface area contributed by atoms with Crippen LogP contribution >= 0.6 is 0 Å². The van der Waals surface area contributed by atoms with Crippen molar-refractivity contribution < 1.29 is 4.74 Å². The van der Waals surface area contributed by atoms with E-state index in [0.717, 1.165) is 19.1 Å². The van der Waals surface area contributed by atoms with Crippen LogP contribution in [0.5, 0.6) is 0 Å². The molecule has 0 aromatic rings. The molecular formula is C17H35NO. The third kappa shape index (κ3) is 5.07. The maximum Gasteiger partial charge on any atom is 0.0834 e. The Balaban J connectivity index is 2.68. The Kier molecular flexibility index (Phi) is 8.01. The van der Waals surface area contributed by atoms with Crippen molar-refractivity contribution in [2.45, 2.75) is 90.7 Å². The van der Waals surface area contributed by atoms with Gasteiger partial charge in [-0.05, 0) is 45.1 Å². The number of hydrogen-bond acceptors (Lipinski definition) is 2. The molecule has 0 amide bonds. The van der Waals surface area contributed by atoms with Crippen molar-refractivity contribution in [3.05, 3.63) is 0 Å². The van der Waals surface area contributed by atoms with E-state index < -0.39 is 0 Å². The quantitative estimate of drug-likeness (QED) is 0.629. The van der Waals surface area contributed by atoms with Crippen molar-refractivity contribution >= 4 is 0 Å². The van der Waals surface area contributed by atoms with E-state index in [1.165, 1.54) is 51.4 Å². The lowest BCUT2D eigenvalue weighted by atomic mass is 9.84. The third-order valence-electron chi connectivity index (χ3n) is 4.58. The fraction of sp³-hybridized carbons (Fsp3) is 1.00. The van der Waals surface area contributed by atoms with Crippen LogP contribution in [0.25, 0.3) is 0 Å². The van der Waals surface area contributed by atoms with Gasteiger partial charge in [-0.3, -0.25) is 0 Å². The van der Waals surface area contributed by atoms with E-state index in [-0.39, 0.29) is 5.60 Å². The second kappa shape index (κ2) is 8.97. The van der Waals surface area contributed by atoms with Gasteiger partial charge < -0.3 is 10.1 Å². The lowest BCUT2D eigenvalue weighted by molar-refractivity contribution is -0.0661. The van der Waals surface area contributed by atoms with Crippen LogP contribution in [0, 0.1) is 5.92 Å². The molecule has 2 nitrogen and oxygen atoms in total. The van der Waals surface area contributed by atoms with Crippen molar-refractivity contribution in [1.29, 1.82) is 0 Å². The normalized spacial score (nSPS) is 21.5. The Bertz CT molecular complexity index is 223. The van der Waals surface area contributed by atoms with E-state index in [1.54, 1.807) is 0 Å². The zero-order valence-electron chi connectivity index (χ0n) is 13.6. The number of ether oxygens (including phenoxy) is 1. The first-order chi connectivity index (χ1) is 9.18. The van der Waals surface area contributed by atoms with E-state index in [2.05, 4.69) is 33.0 Å². The molecule has 0 aliphatic heterocycles. The summed E-state index contributed by atoms with van der Waals surface area (Å²) >= 11 is 0. The van der Waals surface area contributed by atoms with Crippen molar-refractivity contribution in [3.63, 3.8) is 0 Å². The summed E-state index contributed by atoms with van der Waals surface area (Å²) in [4.78, 5) is 0. The largest absolute Gasteiger partial charge is 0.374 e. The minimum absolute atomic E-state index is 0.131. The lowest BCUT2D eigenvalue weighted by Crippen LogP contribution is -2.52. The van der Waals surface area contributed by atoms with Gasteiger partial charge in [0.15, 0.2) is 0 Å². The predicted molar refractivity (Wildman–Crippen MR) is 83.6 cm³/mol. The van der Waals surface area contributed by atoms with Gasteiger partial charge in [0.2, 0.25) is 0 Å². The molecular weight excluding hydrogens is 234 g/mol. The molecule has 2 heteroatoms. The summed E-state index contributed by atoms with van der Waals surface area (Å²) in [6, 6.07) is 0.552. The summed E-state index contributed by atoms with van der Waals surface area (Å²) in [6.07, 6.45) is 10.3. The van der Waals surface area contributed by atoms with Crippen LogP contribution in [0.4, 0.5) is 0 Å². The Morgan fingerprint density at radius 2 is 1.79 bits per heavy atom. The number of nitrogens with one attached hydrogen (secondary N) is 1. The molecule has 1 aliphatic rings. The average Bonchev–Trinajstić information content (AvgIpc) is 2.85. The van der Waals surface area contributed by atoms with E-state index >= 15 is 0 Å². The van der Waals surface area contributed by atoms with Crippen molar-refractivity contribution in [2.75, 3.05) is 13.2 Å². The van der Waals surface area contributed by atoms with Gasteiger partial charge in [-0.1, -0.05) is 46.5 Å². The van der Waals surface area contributed by atoms with Gasteiger partial charge in [0, 0.05) is 12.6 Å². The van der Waals surface area contributed by atoms with Crippen LogP contribution in [0.2, 0.25) is 0 Å².